The van der Waals surface area contributed by atoms with Crippen molar-refractivity contribution in [3.05, 3.63) is 42.5 Å². The van der Waals surface area contributed by atoms with E-state index in [9.17, 15) is 4.79 Å². The maximum absolute atomic E-state index is 12.2. The maximum Gasteiger partial charge on any atom is 0.261 e. The molecule has 3 nitrogen and oxygen atoms in total. The van der Waals surface area contributed by atoms with Gasteiger partial charge < -0.3 is 10.1 Å². The predicted molar refractivity (Wildman–Crippen MR) is 86.6 cm³/mol. The predicted octanol–water partition coefficient (Wildman–Crippen LogP) is 3.91. The largest absolute Gasteiger partial charge is 0.481 e. The van der Waals surface area contributed by atoms with Crippen LogP contribution < -0.4 is 10.1 Å². The van der Waals surface area contributed by atoms with E-state index in [1.54, 1.807) is 0 Å². The van der Waals surface area contributed by atoms with E-state index >= 15 is 0 Å². The number of amides is 1. The van der Waals surface area contributed by atoms with Gasteiger partial charge in [-0.1, -0.05) is 44.2 Å². The van der Waals surface area contributed by atoms with E-state index in [4.69, 9.17) is 4.74 Å². The molecule has 0 aliphatic heterocycles. The van der Waals surface area contributed by atoms with Crippen molar-refractivity contribution >= 4 is 16.7 Å². The smallest absolute Gasteiger partial charge is 0.261 e. The van der Waals surface area contributed by atoms with Gasteiger partial charge in [0.15, 0.2) is 6.10 Å². The molecule has 2 atom stereocenters. The third-order valence-electron chi connectivity index (χ3n) is 3.66. The van der Waals surface area contributed by atoms with Crippen molar-refractivity contribution in [2.45, 2.75) is 45.8 Å². The van der Waals surface area contributed by atoms with Gasteiger partial charge in [0, 0.05) is 6.04 Å². The highest BCUT2D eigenvalue weighted by molar-refractivity contribution is 5.84. The van der Waals surface area contributed by atoms with Gasteiger partial charge in [-0.05, 0) is 42.7 Å². The lowest BCUT2D eigenvalue weighted by Gasteiger charge is -2.20. The van der Waals surface area contributed by atoms with Gasteiger partial charge in [-0.3, -0.25) is 4.79 Å². The molecule has 2 aromatic carbocycles. The van der Waals surface area contributed by atoms with Gasteiger partial charge >= 0.3 is 0 Å². The van der Waals surface area contributed by atoms with Crippen molar-refractivity contribution in [2.24, 2.45) is 0 Å². The summed E-state index contributed by atoms with van der Waals surface area (Å²) in [4.78, 5) is 12.2. The number of carbonyl (C=O) groups excluding carboxylic acids is 1. The van der Waals surface area contributed by atoms with Crippen molar-refractivity contribution < 1.29 is 9.53 Å². The van der Waals surface area contributed by atoms with Crippen LogP contribution in [0, 0.1) is 0 Å². The van der Waals surface area contributed by atoms with E-state index in [0.717, 1.165) is 17.6 Å². The van der Waals surface area contributed by atoms with Gasteiger partial charge in [-0.15, -0.1) is 0 Å². The number of rotatable bonds is 6. The van der Waals surface area contributed by atoms with Gasteiger partial charge in [0.1, 0.15) is 5.75 Å². The lowest BCUT2D eigenvalue weighted by Crippen LogP contribution is -2.42. The minimum Gasteiger partial charge on any atom is -0.481 e. The Morgan fingerprint density at radius 1 is 1.10 bits per heavy atom. The summed E-state index contributed by atoms with van der Waals surface area (Å²) >= 11 is 0. The molecule has 0 aromatic heterocycles. The van der Waals surface area contributed by atoms with Crippen molar-refractivity contribution in [3.8, 4) is 5.75 Å². The molecule has 0 radical (unpaired) electrons. The zero-order valence-electron chi connectivity index (χ0n) is 12.9. The molecule has 112 valence electrons. The second-order valence-electron chi connectivity index (χ2n) is 5.34. The normalized spacial score (nSPS) is 13.7. The van der Waals surface area contributed by atoms with Crippen molar-refractivity contribution in [2.75, 3.05) is 0 Å². The molecule has 0 saturated carbocycles. The summed E-state index contributed by atoms with van der Waals surface area (Å²) in [6, 6.07) is 14.2. The first-order valence-electron chi connectivity index (χ1n) is 7.59. The van der Waals surface area contributed by atoms with Crippen LogP contribution in [0.1, 0.15) is 33.6 Å². The van der Waals surface area contributed by atoms with Gasteiger partial charge in [0.25, 0.3) is 5.91 Å². The molecule has 0 aliphatic rings. The van der Waals surface area contributed by atoms with Crippen molar-refractivity contribution in [1.82, 2.24) is 5.32 Å². The van der Waals surface area contributed by atoms with Crippen molar-refractivity contribution in [3.63, 3.8) is 0 Å². The van der Waals surface area contributed by atoms with E-state index in [1.165, 1.54) is 5.39 Å². The number of ether oxygens (including phenoxy) is 1. The lowest BCUT2D eigenvalue weighted by molar-refractivity contribution is -0.128. The number of fused-ring (bicyclic) bond motifs is 1. The van der Waals surface area contributed by atoms with Crippen molar-refractivity contribution in [1.29, 1.82) is 0 Å². The summed E-state index contributed by atoms with van der Waals surface area (Å²) in [5.41, 5.74) is 0. The first kappa shape index (κ1) is 15.4. The number of nitrogens with one attached hydrogen (secondary N) is 1. The molecule has 1 amide bonds. The average Bonchev–Trinajstić information content (AvgIpc) is 2.52. The topological polar surface area (TPSA) is 38.3 Å². The van der Waals surface area contributed by atoms with Crippen LogP contribution >= 0.6 is 0 Å². The van der Waals surface area contributed by atoms with Gasteiger partial charge in [-0.2, -0.15) is 0 Å². The molecule has 2 rings (SSSR count). The van der Waals surface area contributed by atoms with E-state index < -0.39 is 6.10 Å². The second-order valence-corrected chi connectivity index (χ2v) is 5.34. The molecular weight excluding hydrogens is 262 g/mol. The Hall–Kier alpha value is -2.03. The summed E-state index contributed by atoms with van der Waals surface area (Å²) in [7, 11) is 0. The fourth-order valence-electron chi connectivity index (χ4n) is 2.17. The Bertz CT molecular complexity index is 609. The van der Waals surface area contributed by atoms with E-state index in [0.29, 0.717) is 6.42 Å². The lowest BCUT2D eigenvalue weighted by atomic mass is 10.1. The van der Waals surface area contributed by atoms with Crippen LogP contribution in [0.15, 0.2) is 42.5 Å². The first-order valence-corrected chi connectivity index (χ1v) is 7.59. The van der Waals surface area contributed by atoms with Crippen LogP contribution in [0.25, 0.3) is 10.8 Å². The zero-order chi connectivity index (χ0) is 15.2. The van der Waals surface area contributed by atoms with Crippen LogP contribution in [0.2, 0.25) is 0 Å². The Labute approximate surface area is 126 Å². The van der Waals surface area contributed by atoms with Gasteiger partial charge in [0.05, 0.1) is 0 Å². The Balaban J connectivity index is 2.10. The number of benzene rings is 2. The standard InChI is InChI=1S/C18H23NO2/c1-4-13(3)19-18(20)17(5-2)21-16-11-10-14-8-6-7-9-15(14)12-16/h6-13,17H,4-5H2,1-3H3,(H,19,20). The zero-order valence-corrected chi connectivity index (χ0v) is 12.9. The fourth-order valence-corrected chi connectivity index (χ4v) is 2.17. The third kappa shape index (κ3) is 3.97. The molecule has 0 spiro atoms. The van der Waals surface area contributed by atoms with E-state index in [2.05, 4.69) is 18.3 Å². The van der Waals surface area contributed by atoms with E-state index in [-0.39, 0.29) is 11.9 Å². The number of carbonyl (C=O) groups is 1. The van der Waals surface area contributed by atoms with Crippen LogP contribution in [0.5, 0.6) is 5.75 Å². The highest BCUT2D eigenvalue weighted by Crippen LogP contribution is 2.22. The number of hydrogen-bond donors (Lipinski definition) is 1. The third-order valence-corrected chi connectivity index (χ3v) is 3.66. The van der Waals surface area contributed by atoms with Gasteiger partial charge in [0.2, 0.25) is 0 Å². The Kier molecular flexibility index (Phi) is 5.20. The number of hydrogen-bond acceptors (Lipinski definition) is 2. The molecule has 0 fully saturated rings. The summed E-state index contributed by atoms with van der Waals surface area (Å²) < 4.78 is 5.87. The molecular formula is C18H23NO2. The molecule has 3 heteroatoms. The maximum atomic E-state index is 12.2. The molecule has 1 N–H and O–H groups in total. The van der Waals surface area contributed by atoms with E-state index in [1.807, 2.05) is 50.2 Å². The fraction of sp³-hybridized carbons (Fsp3) is 0.389. The average molecular weight is 285 g/mol. The first-order chi connectivity index (χ1) is 10.1. The summed E-state index contributed by atoms with van der Waals surface area (Å²) in [5.74, 6) is 0.694. The molecule has 2 aromatic rings. The summed E-state index contributed by atoms with van der Waals surface area (Å²) in [6.07, 6.45) is 1.12. The highest BCUT2D eigenvalue weighted by atomic mass is 16.5. The molecule has 21 heavy (non-hydrogen) atoms. The van der Waals surface area contributed by atoms with Crippen LogP contribution in [0.4, 0.5) is 0 Å². The van der Waals surface area contributed by atoms with Crippen LogP contribution in [0.3, 0.4) is 0 Å². The molecule has 0 bridgehead atoms. The Morgan fingerprint density at radius 3 is 2.48 bits per heavy atom. The highest BCUT2D eigenvalue weighted by Gasteiger charge is 2.19. The van der Waals surface area contributed by atoms with Crippen LogP contribution in [-0.4, -0.2) is 18.1 Å². The van der Waals surface area contributed by atoms with Gasteiger partial charge in [-0.25, -0.2) is 0 Å². The molecule has 0 aliphatic carbocycles. The molecule has 0 saturated heterocycles. The molecule has 0 heterocycles. The monoisotopic (exact) mass is 285 g/mol. The molecule has 2 unspecified atom stereocenters. The summed E-state index contributed by atoms with van der Waals surface area (Å²) in [6.45, 7) is 6.01. The SMILES string of the molecule is CCC(C)NC(=O)C(CC)Oc1ccc2ccccc2c1. The van der Waals surface area contributed by atoms with Crippen LogP contribution in [-0.2, 0) is 4.79 Å². The minimum atomic E-state index is -0.444. The quantitative estimate of drug-likeness (QED) is 0.873. The second kappa shape index (κ2) is 7.11. The minimum absolute atomic E-state index is 0.0417. The Morgan fingerprint density at radius 2 is 1.81 bits per heavy atom. The summed E-state index contributed by atoms with van der Waals surface area (Å²) in [5, 5.41) is 5.26.